The van der Waals surface area contributed by atoms with Crippen LogP contribution in [0.4, 0.5) is 0 Å². The zero-order valence-electron chi connectivity index (χ0n) is 8.05. The Morgan fingerprint density at radius 2 is 2.12 bits per heavy atom. The molecule has 6 nitrogen and oxygen atoms in total. The molecule has 0 saturated carbocycles. The molecule has 1 rings (SSSR count). The summed E-state index contributed by atoms with van der Waals surface area (Å²) in [4.78, 5) is 10.3. The van der Waals surface area contributed by atoms with Gasteiger partial charge in [-0.15, -0.1) is 11.3 Å². The lowest BCUT2D eigenvalue weighted by Crippen LogP contribution is -2.36. The van der Waals surface area contributed by atoms with Crippen molar-refractivity contribution in [2.75, 3.05) is 6.54 Å². The van der Waals surface area contributed by atoms with Crippen LogP contribution in [0.2, 0.25) is 0 Å². The van der Waals surface area contributed by atoms with Gasteiger partial charge in [0.25, 0.3) is 0 Å². The summed E-state index contributed by atoms with van der Waals surface area (Å²) in [6, 6.07) is 1.38. The van der Waals surface area contributed by atoms with Gasteiger partial charge in [0.1, 0.15) is 4.90 Å². The van der Waals surface area contributed by atoms with E-state index < -0.39 is 28.6 Å². The highest BCUT2D eigenvalue weighted by Gasteiger charge is 2.23. The third kappa shape index (κ3) is 4.00. The number of rotatable bonds is 5. The molecule has 0 aliphatic heterocycles. The van der Waals surface area contributed by atoms with Crippen LogP contribution in [0.1, 0.15) is 0 Å². The van der Waals surface area contributed by atoms with Crippen molar-refractivity contribution in [1.29, 1.82) is 0 Å². The number of aliphatic hydroxyl groups is 1. The molecule has 10 heteroatoms. The van der Waals surface area contributed by atoms with E-state index in [-0.39, 0.29) is 4.90 Å². The predicted molar refractivity (Wildman–Crippen MR) is 68.6 cm³/mol. The maximum Gasteiger partial charge on any atom is 0.333 e. The average molecular weight is 409 g/mol. The quantitative estimate of drug-likeness (QED) is 0.674. The number of hydrogen-bond donors (Lipinski definition) is 3. The highest BCUT2D eigenvalue weighted by molar-refractivity contribution is 9.12. The molecule has 1 atom stereocenters. The first kappa shape index (κ1) is 15.1. The van der Waals surface area contributed by atoms with Crippen molar-refractivity contribution in [2.45, 2.75) is 11.0 Å². The monoisotopic (exact) mass is 407 g/mol. The molecule has 1 aromatic heterocycles. The second-order valence-corrected chi connectivity index (χ2v) is 8.38. The van der Waals surface area contributed by atoms with Gasteiger partial charge < -0.3 is 10.2 Å². The van der Waals surface area contributed by atoms with E-state index in [0.717, 1.165) is 0 Å². The van der Waals surface area contributed by atoms with Gasteiger partial charge in [-0.3, -0.25) is 0 Å². The molecule has 17 heavy (non-hydrogen) atoms. The zero-order chi connectivity index (χ0) is 13.2. The number of sulfonamides is 1. The van der Waals surface area contributed by atoms with Gasteiger partial charge in [-0.2, -0.15) is 0 Å². The van der Waals surface area contributed by atoms with Crippen LogP contribution in [-0.2, 0) is 14.8 Å². The minimum Gasteiger partial charge on any atom is -0.479 e. The van der Waals surface area contributed by atoms with Crippen LogP contribution in [0.25, 0.3) is 0 Å². The van der Waals surface area contributed by atoms with Crippen molar-refractivity contribution < 1.29 is 23.4 Å². The van der Waals surface area contributed by atoms with Crippen LogP contribution in [-0.4, -0.2) is 37.2 Å². The number of aliphatic hydroxyl groups excluding tert-OH is 1. The predicted octanol–water partition coefficient (Wildman–Crippen LogP) is 0.997. The molecule has 0 saturated heterocycles. The van der Waals surface area contributed by atoms with E-state index in [1.165, 1.54) is 17.4 Å². The van der Waals surface area contributed by atoms with Crippen molar-refractivity contribution in [3.8, 4) is 0 Å². The van der Waals surface area contributed by atoms with E-state index in [4.69, 9.17) is 10.2 Å². The summed E-state index contributed by atoms with van der Waals surface area (Å²) >= 11 is 7.38. The van der Waals surface area contributed by atoms with Crippen molar-refractivity contribution in [2.24, 2.45) is 0 Å². The fourth-order valence-corrected chi connectivity index (χ4v) is 5.71. The highest BCUT2D eigenvalue weighted by Crippen LogP contribution is 2.34. The second-order valence-electron chi connectivity index (χ2n) is 2.89. The maximum absolute atomic E-state index is 11.7. The molecule has 1 unspecified atom stereocenters. The van der Waals surface area contributed by atoms with Gasteiger partial charge in [-0.1, -0.05) is 0 Å². The molecule has 1 aromatic rings. The molecule has 3 N–H and O–H groups in total. The lowest BCUT2D eigenvalue weighted by molar-refractivity contribution is -0.146. The Morgan fingerprint density at radius 3 is 2.53 bits per heavy atom. The van der Waals surface area contributed by atoms with E-state index in [0.29, 0.717) is 7.57 Å². The lowest BCUT2D eigenvalue weighted by atomic mass is 10.4. The molecule has 0 aromatic carbocycles. The van der Waals surface area contributed by atoms with Crippen LogP contribution in [0.3, 0.4) is 0 Å². The molecule has 1 heterocycles. The molecule has 0 bridgehead atoms. The van der Waals surface area contributed by atoms with Crippen LogP contribution < -0.4 is 4.72 Å². The fourth-order valence-electron chi connectivity index (χ4n) is 0.862. The first-order chi connectivity index (χ1) is 7.74. The van der Waals surface area contributed by atoms with Crippen molar-refractivity contribution >= 4 is 59.2 Å². The van der Waals surface area contributed by atoms with Crippen molar-refractivity contribution in [3.05, 3.63) is 13.6 Å². The van der Waals surface area contributed by atoms with Gasteiger partial charge >= 0.3 is 5.97 Å². The Morgan fingerprint density at radius 1 is 1.53 bits per heavy atom. The molecule has 0 aliphatic rings. The first-order valence-corrected chi connectivity index (χ1v) is 7.98. The Kier molecular flexibility index (Phi) is 5.10. The second kappa shape index (κ2) is 5.76. The number of hydrogen-bond acceptors (Lipinski definition) is 5. The van der Waals surface area contributed by atoms with Gasteiger partial charge in [0.15, 0.2) is 6.10 Å². The first-order valence-electron chi connectivity index (χ1n) is 4.09. The van der Waals surface area contributed by atoms with Crippen LogP contribution in [0, 0.1) is 0 Å². The van der Waals surface area contributed by atoms with Crippen LogP contribution >= 0.6 is 43.2 Å². The summed E-state index contributed by atoms with van der Waals surface area (Å²) in [5.41, 5.74) is 0. The van der Waals surface area contributed by atoms with Crippen LogP contribution in [0.15, 0.2) is 18.5 Å². The SMILES string of the molecule is O=C(O)C(O)CNS(=O)(=O)c1cc(Br)sc1Br. The standard InChI is InChI=1S/C7H7Br2NO5S2/c8-5-1-4(6(9)16-5)17(14,15)10-2-3(11)7(12)13/h1,3,10-11H,2H2,(H,12,13). The van der Waals surface area contributed by atoms with E-state index >= 15 is 0 Å². The summed E-state index contributed by atoms with van der Waals surface area (Å²) in [5, 5.41) is 17.4. The Hall–Kier alpha value is -0.000000000000000333. The van der Waals surface area contributed by atoms with Gasteiger partial charge in [-0.25, -0.2) is 17.9 Å². The number of thiophene rings is 1. The number of aliphatic carboxylic acids is 1. The largest absolute Gasteiger partial charge is 0.479 e. The van der Waals surface area contributed by atoms with Crippen molar-refractivity contribution in [3.63, 3.8) is 0 Å². The summed E-state index contributed by atoms with van der Waals surface area (Å²) in [7, 11) is -3.84. The van der Waals surface area contributed by atoms with Gasteiger partial charge in [0.2, 0.25) is 10.0 Å². The van der Waals surface area contributed by atoms with E-state index in [9.17, 15) is 13.2 Å². The van der Waals surface area contributed by atoms with Gasteiger partial charge in [0, 0.05) is 6.54 Å². The van der Waals surface area contributed by atoms with E-state index in [1.807, 2.05) is 4.72 Å². The Balaban J connectivity index is 2.83. The fraction of sp³-hybridized carbons (Fsp3) is 0.286. The molecular formula is C7H7Br2NO5S2. The molecule has 0 fully saturated rings. The highest BCUT2D eigenvalue weighted by atomic mass is 79.9. The number of nitrogens with one attached hydrogen (secondary N) is 1. The van der Waals surface area contributed by atoms with Gasteiger partial charge in [-0.05, 0) is 37.9 Å². The van der Waals surface area contributed by atoms with E-state index in [1.54, 1.807) is 0 Å². The normalized spacial score (nSPS) is 13.6. The third-order valence-corrected chi connectivity index (χ3v) is 5.85. The summed E-state index contributed by atoms with van der Waals surface area (Å²) in [6.45, 7) is -0.586. The third-order valence-electron chi connectivity index (χ3n) is 1.67. The lowest BCUT2D eigenvalue weighted by Gasteiger charge is -2.07. The summed E-state index contributed by atoms with van der Waals surface area (Å²) in [5.74, 6) is -1.49. The molecule has 0 radical (unpaired) electrons. The maximum atomic E-state index is 11.7. The molecule has 0 amide bonds. The smallest absolute Gasteiger partial charge is 0.333 e. The zero-order valence-corrected chi connectivity index (χ0v) is 12.9. The summed E-state index contributed by atoms with van der Waals surface area (Å²) < 4.78 is 26.5. The number of carbonyl (C=O) groups is 1. The summed E-state index contributed by atoms with van der Waals surface area (Å²) in [6.07, 6.45) is -1.77. The Labute approximate surface area is 118 Å². The molecule has 0 aliphatic carbocycles. The molecule has 0 spiro atoms. The molecular weight excluding hydrogens is 402 g/mol. The van der Waals surface area contributed by atoms with Gasteiger partial charge in [0.05, 0.1) is 7.57 Å². The molecule has 96 valence electrons. The average Bonchev–Trinajstić information content (AvgIpc) is 2.55. The topological polar surface area (TPSA) is 104 Å². The minimum atomic E-state index is -3.84. The number of halogens is 2. The minimum absolute atomic E-state index is 0.00744. The number of carboxylic acid groups (broad SMARTS) is 1. The van der Waals surface area contributed by atoms with E-state index in [2.05, 4.69) is 31.9 Å². The Bertz CT molecular complexity index is 526. The van der Waals surface area contributed by atoms with Crippen molar-refractivity contribution in [1.82, 2.24) is 4.72 Å². The van der Waals surface area contributed by atoms with Crippen LogP contribution in [0.5, 0.6) is 0 Å². The number of carboxylic acids is 1.